The fourth-order valence-electron chi connectivity index (χ4n) is 4.04. The van der Waals surface area contributed by atoms with Crippen molar-refractivity contribution in [1.82, 2.24) is 9.80 Å². The first-order chi connectivity index (χ1) is 10.6. The summed E-state index contributed by atoms with van der Waals surface area (Å²) in [6.07, 6.45) is 4.88. The van der Waals surface area contributed by atoms with Gasteiger partial charge in [-0.1, -0.05) is 18.2 Å². The van der Waals surface area contributed by atoms with E-state index in [4.69, 9.17) is 0 Å². The summed E-state index contributed by atoms with van der Waals surface area (Å²) in [6, 6.07) is 11.6. The zero-order valence-corrected chi connectivity index (χ0v) is 13.7. The van der Waals surface area contributed by atoms with Crippen molar-refractivity contribution in [3.05, 3.63) is 30.3 Å². The first kappa shape index (κ1) is 15.3. The Morgan fingerprint density at radius 2 is 1.77 bits per heavy atom. The fourth-order valence-corrected chi connectivity index (χ4v) is 4.04. The van der Waals surface area contributed by atoms with E-state index in [0.717, 1.165) is 25.2 Å². The largest absolute Gasteiger partial charge is 0.323 e. The van der Waals surface area contributed by atoms with Crippen LogP contribution in [0.5, 0.6) is 0 Å². The van der Waals surface area contributed by atoms with Crippen LogP contribution < -0.4 is 5.32 Å². The maximum absolute atomic E-state index is 12.5. The van der Waals surface area contributed by atoms with Crippen LogP contribution in [0.15, 0.2) is 30.3 Å². The van der Waals surface area contributed by atoms with Gasteiger partial charge in [0, 0.05) is 36.9 Å². The summed E-state index contributed by atoms with van der Waals surface area (Å²) >= 11 is 0. The monoisotopic (exact) mass is 301 g/mol. The van der Waals surface area contributed by atoms with E-state index in [0.29, 0.717) is 18.1 Å². The quantitative estimate of drug-likeness (QED) is 0.906. The lowest BCUT2D eigenvalue weighted by Gasteiger charge is -2.41. The molecule has 0 radical (unpaired) electrons. The SMILES string of the molecule is C[C@@H]1CC[C@H](C)N1[C@H]1CCCN(C(=O)Nc2ccccc2)C1. The summed E-state index contributed by atoms with van der Waals surface area (Å²) < 4.78 is 0. The number of nitrogens with zero attached hydrogens (tertiary/aromatic N) is 2. The molecule has 0 aromatic heterocycles. The Bertz CT molecular complexity index is 494. The number of carbonyl (C=O) groups excluding carboxylic acids is 1. The molecule has 1 aromatic rings. The minimum atomic E-state index is 0.0374. The first-order valence-corrected chi connectivity index (χ1v) is 8.53. The minimum absolute atomic E-state index is 0.0374. The van der Waals surface area contributed by atoms with Crippen molar-refractivity contribution in [1.29, 1.82) is 0 Å². The van der Waals surface area contributed by atoms with Gasteiger partial charge in [-0.25, -0.2) is 4.79 Å². The van der Waals surface area contributed by atoms with E-state index in [1.54, 1.807) is 0 Å². The summed E-state index contributed by atoms with van der Waals surface area (Å²) in [5, 5.41) is 3.01. The number of hydrogen-bond acceptors (Lipinski definition) is 2. The fraction of sp³-hybridized carbons (Fsp3) is 0.611. The van der Waals surface area contributed by atoms with Crippen molar-refractivity contribution >= 4 is 11.7 Å². The first-order valence-electron chi connectivity index (χ1n) is 8.53. The zero-order valence-electron chi connectivity index (χ0n) is 13.7. The number of hydrogen-bond donors (Lipinski definition) is 1. The van der Waals surface area contributed by atoms with Crippen molar-refractivity contribution in [3.8, 4) is 0 Å². The summed E-state index contributed by atoms with van der Waals surface area (Å²) in [5.41, 5.74) is 0.873. The smallest absolute Gasteiger partial charge is 0.321 e. The molecular weight excluding hydrogens is 274 g/mol. The van der Waals surface area contributed by atoms with Crippen molar-refractivity contribution in [3.63, 3.8) is 0 Å². The van der Waals surface area contributed by atoms with Gasteiger partial charge >= 0.3 is 6.03 Å². The Labute approximate surface area is 133 Å². The van der Waals surface area contributed by atoms with Gasteiger partial charge in [-0.05, 0) is 51.7 Å². The van der Waals surface area contributed by atoms with Crippen LogP contribution in [0.1, 0.15) is 39.5 Å². The highest BCUT2D eigenvalue weighted by Gasteiger charge is 2.36. The Balaban J connectivity index is 1.61. The van der Waals surface area contributed by atoms with Crippen LogP contribution in [0.2, 0.25) is 0 Å². The number of nitrogens with one attached hydrogen (secondary N) is 1. The molecule has 2 amide bonds. The predicted molar refractivity (Wildman–Crippen MR) is 90.1 cm³/mol. The molecule has 0 unspecified atom stereocenters. The number of anilines is 1. The highest BCUT2D eigenvalue weighted by Crippen LogP contribution is 2.29. The molecule has 120 valence electrons. The molecule has 1 N–H and O–H groups in total. The van der Waals surface area contributed by atoms with E-state index in [9.17, 15) is 4.79 Å². The molecule has 2 aliphatic heterocycles. The number of urea groups is 1. The lowest BCUT2D eigenvalue weighted by molar-refractivity contribution is 0.0838. The summed E-state index contributed by atoms with van der Waals surface area (Å²) in [7, 11) is 0. The third kappa shape index (κ3) is 3.27. The number of para-hydroxylation sites is 1. The van der Waals surface area contributed by atoms with Gasteiger partial charge in [0.05, 0.1) is 0 Å². The van der Waals surface area contributed by atoms with Gasteiger partial charge in [-0.3, -0.25) is 4.90 Å². The molecule has 0 bridgehead atoms. The highest BCUT2D eigenvalue weighted by molar-refractivity contribution is 5.89. The molecule has 22 heavy (non-hydrogen) atoms. The van der Waals surface area contributed by atoms with Gasteiger partial charge in [0.25, 0.3) is 0 Å². The van der Waals surface area contributed by atoms with Crippen LogP contribution >= 0.6 is 0 Å². The average molecular weight is 301 g/mol. The van der Waals surface area contributed by atoms with E-state index in [1.807, 2.05) is 35.2 Å². The van der Waals surface area contributed by atoms with Gasteiger partial charge in [-0.15, -0.1) is 0 Å². The molecule has 2 heterocycles. The molecule has 0 aliphatic carbocycles. The van der Waals surface area contributed by atoms with Gasteiger partial charge in [0.1, 0.15) is 0 Å². The van der Waals surface area contributed by atoms with Crippen molar-refractivity contribution in [2.75, 3.05) is 18.4 Å². The molecule has 3 atom stereocenters. The highest BCUT2D eigenvalue weighted by atomic mass is 16.2. The molecule has 2 aliphatic rings. The van der Waals surface area contributed by atoms with Gasteiger partial charge in [0.15, 0.2) is 0 Å². The number of benzene rings is 1. The molecule has 2 fully saturated rings. The molecule has 3 rings (SSSR count). The van der Waals surface area contributed by atoms with Gasteiger partial charge in [0.2, 0.25) is 0 Å². The van der Waals surface area contributed by atoms with E-state index in [1.165, 1.54) is 19.3 Å². The van der Waals surface area contributed by atoms with Crippen LogP contribution in [0, 0.1) is 0 Å². The van der Waals surface area contributed by atoms with Crippen LogP contribution in [0.4, 0.5) is 10.5 Å². The van der Waals surface area contributed by atoms with Gasteiger partial charge < -0.3 is 10.2 Å². The number of carbonyl (C=O) groups is 1. The molecular formula is C18H27N3O. The van der Waals surface area contributed by atoms with Crippen LogP contribution in [-0.4, -0.2) is 47.0 Å². The number of likely N-dealkylation sites (tertiary alicyclic amines) is 2. The van der Waals surface area contributed by atoms with Crippen LogP contribution in [-0.2, 0) is 0 Å². The number of piperidine rings is 1. The molecule has 1 aromatic carbocycles. The third-order valence-corrected chi connectivity index (χ3v) is 5.15. The number of amides is 2. The Morgan fingerprint density at radius 1 is 1.09 bits per heavy atom. The lowest BCUT2D eigenvalue weighted by Crippen LogP contribution is -2.53. The lowest BCUT2D eigenvalue weighted by atomic mass is 10.0. The topological polar surface area (TPSA) is 35.6 Å². The summed E-state index contributed by atoms with van der Waals surface area (Å²) in [6.45, 7) is 6.37. The maximum atomic E-state index is 12.5. The van der Waals surface area contributed by atoms with Crippen molar-refractivity contribution in [2.24, 2.45) is 0 Å². The predicted octanol–water partition coefficient (Wildman–Crippen LogP) is 3.56. The minimum Gasteiger partial charge on any atom is -0.323 e. The average Bonchev–Trinajstić information content (AvgIpc) is 2.87. The van der Waals surface area contributed by atoms with E-state index in [-0.39, 0.29) is 6.03 Å². The molecule has 2 saturated heterocycles. The summed E-state index contributed by atoms with van der Waals surface area (Å²) in [5.74, 6) is 0. The van der Waals surface area contributed by atoms with Crippen molar-refractivity contribution in [2.45, 2.75) is 57.7 Å². The second-order valence-corrected chi connectivity index (χ2v) is 6.76. The van der Waals surface area contributed by atoms with Gasteiger partial charge in [-0.2, -0.15) is 0 Å². The molecule has 0 saturated carbocycles. The number of rotatable bonds is 2. The van der Waals surface area contributed by atoms with Crippen molar-refractivity contribution < 1.29 is 4.79 Å². The second-order valence-electron chi connectivity index (χ2n) is 6.76. The Kier molecular flexibility index (Phi) is 4.67. The third-order valence-electron chi connectivity index (χ3n) is 5.15. The Hall–Kier alpha value is -1.55. The van der Waals surface area contributed by atoms with E-state index in [2.05, 4.69) is 24.1 Å². The second kappa shape index (κ2) is 6.69. The van der Waals surface area contributed by atoms with E-state index < -0.39 is 0 Å². The molecule has 4 heteroatoms. The Morgan fingerprint density at radius 3 is 2.45 bits per heavy atom. The standard InChI is InChI=1S/C18H27N3O/c1-14-10-11-15(2)21(14)17-9-6-12-20(13-17)18(22)19-16-7-4-3-5-8-16/h3-5,7-8,14-15,17H,6,9-13H2,1-2H3,(H,19,22)/t14-,15+,17-/m0/s1. The van der Waals surface area contributed by atoms with Crippen LogP contribution in [0.25, 0.3) is 0 Å². The maximum Gasteiger partial charge on any atom is 0.321 e. The zero-order chi connectivity index (χ0) is 15.5. The normalized spacial score (nSPS) is 29.5. The van der Waals surface area contributed by atoms with Crippen LogP contribution in [0.3, 0.4) is 0 Å². The molecule has 0 spiro atoms. The summed E-state index contributed by atoms with van der Waals surface area (Å²) in [4.78, 5) is 17.1. The molecule has 4 nitrogen and oxygen atoms in total. The van der Waals surface area contributed by atoms with E-state index >= 15 is 0 Å².